The van der Waals surface area contributed by atoms with Gasteiger partial charge in [0.05, 0.1) is 30.4 Å². The van der Waals surface area contributed by atoms with Crippen LogP contribution in [0.25, 0.3) is 0 Å². The highest BCUT2D eigenvalue weighted by Gasteiger charge is 2.29. The lowest BCUT2D eigenvalue weighted by atomic mass is 10.1. The van der Waals surface area contributed by atoms with E-state index >= 15 is 0 Å². The second-order valence-corrected chi connectivity index (χ2v) is 7.72. The van der Waals surface area contributed by atoms with Gasteiger partial charge in [-0.25, -0.2) is 4.79 Å². The minimum Gasteiger partial charge on any atom is -0.491 e. The van der Waals surface area contributed by atoms with E-state index in [4.69, 9.17) is 14.7 Å². The summed E-state index contributed by atoms with van der Waals surface area (Å²) in [4.78, 5) is 27.1. The predicted octanol–water partition coefficient (Wildman–Crippen LogP) is 2.37. The van der Waals surface area contributed by atoms with Crippen LogP contribution < -0.4 is 15.4 Å². The van der Waals surface area contributed by atoms with E-state index in [-0.39, 0.29) is 18.5 Å². The highest BCUT2D eigenvalue weighted by molar-refractivity contribution is 5.94. The van der Waals surface area contributed by atoms with E-state index in [1.54, 1.807) is 60.5 Å². The molecule has 1 fully saturated rings. The molecule has 0 saturated carbocycles. The second kappa shape index (κ2) is 11.9. The minimum atomic E-state index is -0.773. The van der Waals surface area contributed by atoms with Crippen LogP contribution >= 0.6 is 0 Å². The van der Waals surface area contributed by atoms with E-state index < -0.39 is 12.1 Å². The van der Waals surface area contributed by atoms with E-state index in [2.05, 4.69) is 10.6 Å². The average molecular weight is 453 g/mol. The first-order valence-corrected chi connectivity index (χ1v) is 10.8. The molecule has 0 spiro atoms. The molecule has 2 aromatic carbocycles. The Hall–Kier alpha value is -3.61. The molecule has 9 heteroatoms. The van der Waals surface area contributed by atoms with Gasteiger partial charge in [-0.15, -0.1) is 0 Å². The van der Waals surface area contributed by atoms with Crippen LogP contribution in [0.1, 0.15) is 28.8 Å². The van der Waals surface area contributed by atoms with Gasteiger partial charge in [0, 0.05) is 31.5 Å². The number of hydrogen-bond donors (Lipinski definition) is 3. The van der Waals surface area contributed by atoms with Gasteiger partial charge in [0.25, 0.3) is 5.91 Å². The number of carbonyl (C=O) groups is 2. The van der Waals surface area contributed by atoms with E-state index in [0.717, 1.165) is 0 Å². The normalized spacial score (nSPS) is 18.0. The van der Waals surface area contributed by atoms with Crippen LogP contribution in [-0.4, -0.2) is 67.5 Å². The monoisotopic (exact) mass is 452 g/mol. The summed E-state index contributed by atoms with van der Waals surface area (Å²) in [6.07, 6.45) is 0.294. The van der Waals surface area contributed by atoms with Crippen molar-refractivity contribution in [3.05, 3.63) is 59.7 Å². The number of amides is 3. The summed E-state index contributed by atoms with van der Waals surface area (Å²) in [5, 5.41) is 25.2. The Bertz CT molecular complexity index is 989. The maximum absolute atomic E-state index is 12.8. The molecule has 1 aliphatic heterocycles. The number of benzene rings is 2. The fourth-order valence-corrected chi connectivity index (χ4v) is 3.54. The fraction of sp³-hybridized carbons (Fsp3) is 0.375. The molecule has 174 valence electrons. The molecule has 0 radical (unpaired) electrons. The molecule has 0 aliphatic carbocycles. The van der Waals surface area contributed by atoms with Crippen molar-refractivity contribution in [1.82, 2.24) is 10.2 Å². The number of aliphatic hydroxyl groups is 1. The summed E-state index contributed by atoms with van der Waals surface area (Å²) in [6, 6.07) is 14.4. The van der Waals surface area contributed by atoms with E-state index in [1.807, 2.05) is 6.07 Å². The topological polar surface area (TPSA) is 124 Å². The number of methoxy groups -OCH3 is 1. The molecule has 3 N–H and O–H groups in total. The zero-order valence-corrected chi connectivity index (χ0v) is 18.5. The van der Waals surface area contributed by atoms with Crippen molar-refractivity contribution in [2.24, 2.45) is 0 Å². The molecule has 0 bridgehead atoms. The Morgan fingerprint density at radius 1 is 1.21 bits per heavy atom. The molecule has 2 atom stereocenters. The number of aliphatic hydroxyl groups excluding tert-OH is 1. The van der Waals surface area contributed by atoms with Crippen molar-refractivity contribution in [1.29, 1.82) is 5.26 Å². The Morgan fingerprint density at radius 3 is 2.73 bits per heavy atom. The van der Waals surface area contributed by atoms with Crippen molar-refractivity contribution in [2.75, 3.05) is 38.7 Å². The molecular formula is C24H28N4O5. The van der Waals surface area contributed by atoms with E-state index in [0.29, 0.717) is 55.2 Å². The van der Waals surface area contributed by atoms with Gasteiger partial charge in [0.1, 0.15) is 12.4 Å². The second-order valence-electron chi connectivity index (χ2n) is 7.72. The third-order valence-corrected chi connectivity index (χ3v) is 5.33. The lowest BCUT2D eigenvalue weighted by molar-refractivity contribution is 0.0811. The number of carbonyl (C=O) groups excluding carboxylic acids is 2. The van der Waals surface area contributed by atoms with Crippen LogP contribution in [0.3, 0.4) is 0 Å². The quantitative estimate of drug-likeness (QED) is 0.554. The summed E-state index contributed by atoms with van der Waals surface area (Å²) in [6.45, 7) is 1.49. The van der Waals surface area contributed by atoms with Gasteiger partial charge >= 0.3 is 6.03 Å². The van der Waals surface area contributed by atoms with Crippen molar-refractivity contribution < 1.29 is 24.2 Å². The Morgan fingerprint density at radius 2 is 2.00 bits per heavy atom. The van der Waals surface area contributed by atoms with Gasteiger partial charge < -0.3 is 30.1 Å². The van der Waals surface area contributed by atoms with Gasteiger partial charge in [-0.3, -0.25) is 4.79 Å². The van der Waals surface area contributed by atoms with Crippen LogP contribution in [0.4, 0.5) is 10.5 Å². The number of anilines is 1. The van der Waals surface area contributed by atoms with Crippen molar-refractivity contribution >= 4 is 17.6 Å². The van der Waals surface area contributed by atoms with Gasteiger partial charge in [-0.05, 0) is 55.3 Å². The third kappa shape index (κ3) is 6.94. The molecule has 1 heterocycles. The van der Waals surface area contributed by atoms with Gasteiger partial charge in [0.15, 0.2) is 0 Å². The average Bonchev–Trinajstić information content (AvgIpc) is 3.01. The summed E-state index contributed by atoms with van der Waals surface area (Å²) < 4.78 is 10.4. The summed E-state index contributed by atoms with van der Waals surface area (Å²) in [5.74, 6) is 0.285. The number of hydrogen-bond acceptors (Lipinski definition) is 6. The molecule has 0 aromatic heterocycles. The number of rotatable bonds is 7. The Kier molecular flexibility index (Phi) is 8.63. The van der Waals surface area contributed by atoms with Gasteiger partial charge in [0.2, 0.25) is 0 Å². The largest absolute Gasteiger partial charge is 0.491 e. The lowest BCUT2D eigenvalue weighted by Crippen LogP contribution is -2.50. The summed E-state index contributed by atoms with van der Waals surface area (Å²) >= 11 is 0. The molecular weight excluding hydrogens is 424 g/mol. The molecule has 3 rings (SSSR count). The number of nitrogens with one attached hydrogen (secondary N) is 2. The van der Waals surface area contributed by atoms with Gasteiger partial charge in [-0.2, -0.15) is 5.26 Å². The van der Waals surface area contributed by atoms with Crippen molar-refractivity contribution in [3.8, 4) is 11.8 Å². The number of likely N-dealkylation sites (tertiary alicyclic amines) is 1. The van der Waals surface area contributed by atoms with Crippen LogP contribution in [0.2, 0.25) is 0 Å². The Labute approximate surface area is 192 Å². The molecule has 3 amide bonds. The molecule has 1 aliphatic rings. The molecule has 0 unspecified atom stereocenters. The lowest BCUT2D eigenvalue weighted by Gasteiger charge is -2.27. The standard InChI is InChI=1S/C24H28N4O5/c1-32-12-13-33-20-9-7-18(8-10-20)23(30)27-21-16-28(11-3-6-22(21)29)24(31)26-19-5-2-4-17(14-19)15-25/h2,4-5,7-10,14,21-22,29H,3,6,11-13,16H2,1H3,(H,26,31)(H,27,30)/t21-,22-/m1/s1. The smallest absolute Gasteiger partial charge is 0.321 e. The minimum absolute atomic E-state index is 0.162. The highest BCUT2D eigenvalue weighted by atomic mass is 16.5. The van der Waals surface area contributed by atoms with Crippen LogP contribution in [-0.2, 0) is 4.74 Å². The Balaban J connectivity index is 1.61. The van der Waals surface area contributed by atoms with Crippen LogP contribution in [0.5, 0.6) is 5.75 Å². The maximum atomic E-state index is 12.8. The summed E-state index contributed by atoms with van der Waals surface area (Å²) in [5.41, 5.74) is 1.38. The SMILES string of the molecule is COCCOc1ccc(C(=O)N[C@@H]2CN(C(=O)Nc3cccc(C#N)c3)CCC[C@H]2O)cc1. The van der Waals surface area contributed by atoms with Crippen molar-refractivity contribution in [3.63, 3.8) is 0 Å². The van der Waals surface area contributed by atoms with Crippen LogP contribution in [0.15, 0.2) is 48.5 Å². The molecule has 33 heavy (non-hydrogen) atoms. The fourth-order valence-electron chi connectivity index (χ4n) is 3.54. The summed E-state index contributed by atoms with van der Waals surface area (Å²) in [7, 11) is 1.59. The zero-order chi connectivity index (χ0) is 23.6. The first-order valence-electron chi connectivity index (χ1n) is 10.8. The zero-order valence-electron chi connectivity index (χ0n) is 18.5. The predicted molar refractivity (Wildman–Crippen MR) is 122 cm³/mol. The highest BCUT2D eigenvalue weighted by Crippen LogP contribution is 2.17. The number of nitrogens with zero attached hydrogens (tertiary/aromatic N) is 2. The number of urea groups is 1. The van der Waals surface area contributed by atoms with E-state index in [9.17, 15) is 14.7 Å². The number of ether oxygens (including phenoxy) is 2. The van der Waals surface area contributed by atoms with E-state index in [1.165, 1.54) is 0 Å². The molecule has 9 nitrogen and oxygen atoms in total. The maximum Gasteiger partial charge on any atom is 0.321 e. The van der Waals surface area contributed by atoms with Crippen LogP contribution in [0, 0.1) is 11.3 Å². The number of nitriles is 1. The molecule has 1 saturated heterocycles. The first kappa shape index (κ1) is 24.0. The first-order chi connectivity index (χ1) is 16.0. The molecule has 2 aromatic rings. The van der Waals surface area contributed by atoms with Crippen molar-refractivity contribution in [2.45, 2.75) is 25.0 Å². The third-order valence-electron chi connectivity index (χ3n) is 5.33. The van der Waals surface area contributed by atoms with Gasteiger partial charge in [-0.1, -0.05) is 6.07 Å².